The van der Waals surface area contributed by atoms with Crippen molar-refractivity contribution in [2.45, 2.75) is 13.0 Å². The van der Waals surface area contributed by atoms with Gasteiger partial charge >= 0.3 is 0 Å². The van der Waals surface area contributed by atoms with E-state index in [9.17, 15) is 0 Å². The Morgan fingerprint density at radius 1 is 1.17 bits per heavy atom. The lowest BCUT2D eigenvalue weighted by molar-refractivity contribution is 0.322. The normalized spacial score (nSPS) is 10.8. The highest BCUT2D eigenvalue weighted by molar-refractivity contribution is 5.24. The van der Waals surface area contributed by atoms with Crippen LogP contribution in [0.4, 0.5) is 5.82 Å². The van der Waals surface area contributed by atoms with E-state index in [4.69, 9.17) is 5.73 Å². The monoisotopic (exact) mass is 243 g/mol. The predicted molar refractivity (Wildman–Crippen MR) is 70.7 cm³/mol. The molecule has 0 radical (unpaired) electrons. The Balaban J connectivity index is 1.84. The Kier molecular flexibility index (Phi) is 4.20. The molecule has 0 fully saturated rings. The van der Waals surface area contributed by atoms with E-state index in [0.717, 1.165) is 18.8 Å². The summed E-state index contributed by atoms with van der Waals surface area (Å²) in [5.74, 6) is 1.27. The van der Waals surface area contributed by atoms with Gasteiger partial charge in [0.1, 0.15) is 11.6 Å². The molecule has 2 heterocycles. The van der Waals surface area contributed by atoms with Gasteiger partial charge in [0.2, 0.25) is 0 Å². The van der Waals surface area contributed by atoms with Crippen LogP contribution in [0.3, 0.4) is 0 Å². The highest BCUT2D eigenvalue weighted by Crippen LogP contribution is 2.02. The zero-order valence-electron chi connectivity index (χ0n) is 10.5. The van der Waals surface area contributed by atoms with Crippen LogP contribution < -0.4 is 5.73 Å². The Morgan fingerprint density at radius 3 is 2.67 bits per heavy atom. The van der Waals surface area contributed by atoms with Crippen molar-refractivity contribution in [3.8, 4) is 0 Å². The molecule has 0 bridgehead atoms. The fourth-order valence-electron chi connectivity index (χ4n) is 1.68. The molecule has 0 aromatic carbocycles. The van der Waals surface area contributed by atoms with Gasteiger partial charge in [0.15, 0.2) is 0 Å². The maximum atomic E-state index is 5.62. The summed E-state index contributed by atoms with van der Waals surface area (Å²) >= 11 is 0. The molecule has 0 amide bonds. The first-order valence-corrected chi connectivity index (χ1v) is 5.89. The number of nitrogen functional groups attached to an aromatic ring is 1. The number of aromatic nitrogens is 3. The molecule has 0 spiro atoms. The van der Waals surface area contributed by atoms with Gasteiger partial charge in [-0.05, 0) is 37.2 Å². The van der Waals surface area contributed by atoms with Crippen LogP contribution in [0.2, 0.25) is 0 Å². The Bertz CT molecular complexity index is 486. The van der Waals surface area contributed by atoms with Crippen molar-refractivity contribution in [1.82, 2.24) is 19.9 Å². The number of pyridine rings is 1. The van der Waals surface area contributed by atoms with Gasteiger partial charge in [-0.1, -0.05) is 0 Å². The second-order valence-corrected chi connectivity index (χ2v) is 4.24. The van der Waals surface area contributed by atoms with E-state index in [2.05, 4.69) is 19.9 Å². The molecule has 2 rings (SSSR count). The van der Waals surface area contributed by atoms with Crippen molar-refractivity contribution in [2.24, 2.45) is 0 Å². The molecule has 0 aliphatic rings. The fraction of sp³-hybridized carbons (Fsp3) is 0.308. The summed E-state index contributed by atoms with van der Waals surface area (Å²) in [6, 6.07) is 5.76. The molecular formula is C13H17N5. The molecule has 18 heavy (non-hydrogen) atoms. The quantitative estimate of drug-likeness (QED) is 0.852. The number of rotatable bonds is 5. The molecular weight excluding hydrogens is 226 g/mol. The zero-order valence-corrected chi connectivity index (χ0v) is 10.5. The third-order valence-electron chi connectivity index (χ3n) is 2.67. The van der Waals surface area contributed by atoms with Crippen LogP contribution in [0.1, 0.15) is 11.4 Å². The summed E-state index contributed by atoms with van der Waals surface area (Å²) in [5.41, 5.74) is 6.91. The second-order valence-electron chi connectivity index (χ2n) is 4.24. The number of anilines is 1. The summed E-state index contributed by atoms with van der Waals surface area (Å²) in [6.07, 6.45) is 6.31. The van der Waals surface area contributed by atoms with Gasteiger partial charge in [0, 0.05) is 25.1 Å². The van der Waals surface area contributed by atoms with E-state index in [1.165, 1.54) is 5.56 Å². The van der Waals surface area contributed by atoms with E-state index >= 15 is 0 Å². The van der Waals surface area contributed by atoms with Crippen molar-refractivity contribution in [1.29, 1.82) is 0 Å². The number of hydrogen-bond donors (Lipinski definition) is 1. The first-order chi connectivity index (χ1) is 8.74. The molecule has 2 aromatic rings. The summed E-state index contributed by atoms with van der Waals surface area (Å²) < 4.78 is 0. The van der Waals surface area contributed by atoms with Crippen molar-refractivity contribution in [3.63, 3.8) is 0 Å². The lowest BCUT2D eigenvalue weighted by atomic mass is 10.2. The maximum absolute atomic E-state index is 5.62. The lowest BCUT2D eigenvalue weighted by Gasteiger charge is -2.15. The van der Waals surface area contributed by atoms with Crippen molar-refractivity contribution in [3.05, 3.63) is 48.2 Å². The van der Waals surface area contributed by atoms with E-state index in [0.29, 0.717) is 12.4 Å². The largest absolute Gasteiger partial charge is 0.384 e. The van der Waals surface area contributed by atoms with E-state index < -0.39 is 0 Å². The van der Waals surface area contributed by atoms with Crippen LogP contribution in [0.5, 0.6) is 0 Å². The van der Waals surface area contributed by atoms with Crippen LogP contribution in [-0.4, -0.2) is 33.4 Å². The molecule has 0 aliphatic carbocycles. The van der Waals surface area contributed by atoms with Gasteiger partial charge in [-0.25, -0.2) is 9.97 Å². The first kappa shape index (κ1) is 12.4. The Labute approximate surface area is 107 Å². The second kappa shape index (κ2) is 6.07. The number of nitrogens with zero attached hydrogens (tertiary/aromatic N) is 4. The van der Waals surface area contributed by atoms with E-state index in [1.807, 2.05) is 31.6 Å². The molecule has 0 aliphatic heterocycles. The Hall–Kier alpha value is -2.01. The van der Waals surface area contributed by atoms with Crippen LogP contribution in [-0.2, 0) is 13.0 Å². The molecule has 2 aromatic heterocycles. The zero-order chi connectivity index (χ0) is 12.8. The predicted octanol–water partition coefficient (Wildman–Crippen LogP) is 1.13. The van der Waals surface area contributed by atoms with E-state index in [1.54, 1.807) is 12.3 Å². The average molecular weight is 243 g/mol. The molecule has 94 valence electrons. The number of nitrogens with two attached hydrogens (primary N) is 1. The fourth-order valence-corrected chi connectivity index (χ4v) is 1.68. The molecule has 0 unspecified atom stereocenters. The minimum Gasteiger partial charge on any atom is -0.384 e. The van der Waals surface area contributed by atoms with Crippen molar-refractivity contribution in [2.75, 3.05) is 19.3 Å². The minimum absolute atomic E-state index is 0.516. The van der Waals surface area contributed by atoms with Crippen LogP contribution in [0.25, 0.3) is 0 Å². The summed E-state index contributed by atoms with van der Waals surface area (Å²) in [7, 11) is 2.05. The summed E-state index contributed by atoms with van der Waals surface area (Å²) in [5, 5.41) is 0. The van der Waals surface area contributed by atoms with Crippen molar-refractivity contribution >= 4 is 5.82 Å². The standard InChI is InChI=1S/C13H17N5/c1-18(9-5-11-2-6-15-7-3-11)10-13-16-8-4-12(14)17-13/h2-4,6-8H,5,9-10H2,1H3,(H2,14,16,17). The number of hydrogen-bond acceptors (Lipinski definition) is 5. The van der Waals surface area contributed by atoms with Gasteiger partial charge in [0.05, 0.1) is 6.54 Å². The van der Waals surface area contributed by atoms with Gasteiger partial charge in [0.25, 0.3) is 0 Å². The summed E-state index contributed by atoms with van der Waals surface area (Å²) in [4.78, 5) is 14.6. The topological polar surface area (TPSA) is 67.9 Å². The molecule has 5 nitrogen and oxygen atoms in total. The van der Waals surface area contributed by atoms with Gasteiger partial charge < -0.3 is 5.73 Å². The molecule has 0 atom stereocenters. The summed E-state index contributed by atoms with van der Waals surface area (Å²) in [6.45, 7) is 1.65. The highest BCUT2D eigenvalue weighted by atomic mass is 15.1. The molecule has 5 heteroatoms. The maximum Gasteiger partial charge on any atom is 0.144 e. The minimum atomic E-state index is 0.516. The van der Waals surface area contributed by atoms with Crippen molar-refractivity contribution < 1.29 is 0 Å². The first-order valence-electron chi connectivity index (χ1n) is 5.89. The molecule has 2 N–H and O–H groups in total. The van der Waals surface area contributed by atoms with Crippen LogP contribution in [0.15, 0.2) is 36.8 Å². The Morgan fingerprint density at radius 2 is 1.94 bits per heavy atom. The third-order valence-corrected chi connectivity index (χ3v) is 2.67. The third kappa shape index (κ3) is 3.78. The average Bonchev–Trinajstić information content (AvgIpc) is 2.38. The SMILES string of the molecule is CN(CCc1ccncc1)Cc1nccc(N)n1. The smallest absolute Gasteiger partial charge is 0.144 e. The lowest BCUT2D eigenvalue weighted by Crippen LogP contribution is -2.22. The van der Waals surface area contributed by atoms with Crippen LogP contribution in [0, 0.1) is 0 Å². The van der Waals surface area contributed by atoms with Gasteiger partial charge in [-0.2, -0.15) is 0 Å². The highest BCUT2D eigenvalue weighted by Gasteiger charge is 2.03. The van der Waals surface area contributed by atoms with Gasteiger partial charge in [-0.3, -0.25) is 9.88 Å². The van der Waals surface area contributed by atoms with Crippen LogP contribution >= 0.6 is 0 Å². The van der Waals surface area contributed by atoms with Gasteiger partial charge in [-0.15, -0.1) is 0 Å². The molecule has 0 saturated carbocycles. The molecule has 0 saturated heterocycles. The van der Waals surface area contributed by atoms with E-state index in [-0.39, 0.29) is 0 Å². The number of likely N-dealkylation sites (N-methyl/N-ethyl adjacent to an activating group) is 1.